The Balaban J connectivity index is 2.72. The Hall–Kier alpha value is -1.95. The summed E-state index contributed by atoms with van der Waals surface area (Å²) in [4.78, 5) is 28.8. The summed E-state index contributed by atoms with van der Waals surface area (Å²) >= 11 is 0. The number of hydrogen-bond acceptors (Lipinski definition) is 4. The van der Waals surface area contributed by atoms with Gasteiger partial charge in [0.2, 0.25) is 11.8 Å². The first-order chi connectivity index (χ1) is 8.93. The van der Waals surface area contributed by atoms with Crippen molar-refractivity contribution in [2.45, 2.75) is 32.9 Å². The van der Waals surface area contributed by atoms with Crippen LogP contribution in [0.2, 0.25) is 0 Å². The zero-order chi connectivity index (χ0) is 14.4. The van der Waals surface area contributed by atoms with Crippen LogP contribution in [0.1, 0.15) is 24.7 Å². The molecule has 0 aliphatic heterocycles. The summed E-state index contributed by atoms with van der Waals surface area (Å²) in [5, 5.41) is 0. The number of carbonyl (C=O) groups excluding carboxylic acids is 2. The number of primary amides is 1. The Morgan fingerprint density at radius 1 is 1.42 bits per heavy atom. The van der Waals surface area contributed by atoms with Crippen LogP contribution in [0.25, 0.3) is 0 Å². The monoisotopic (exact) mass is 264 g/mol. The van der Waals surface area contributed by atoms with Crippen LogP contribution in [0.5, 0.6) is 0 Å². The van der Waals surface area contributed by atoms with E-state index in [9.17, 15) is 9.59 Å². The molecule has 1 heterocycles. The minimum absolute atomic E-state index is 0.142. The smallest absolute Gasteiger partial charge is 0.240 e. The van der Waals surface area contributed by atoms with E-state index in [1.165, 1.54) is 0 Å². The zero-order valence-electron chi connectivity index (χ0n) is 11.3. The van der Waals surface area contributed by atoms with Gasteiger partial charge in [-0.3, -0.25) is 14.6 Å². The van der Waals surface area contributed by atoms with Crippen molar-refractivity contribution in [3.63, 3.8) is 0 Å². The van der Waals surface area contributed by atoms with Gasteiger partial charge in [-0.1, -0.05) is 6.07 Å². The van der Waals surface area contributed by atoms with E-state index in [0.29, 0.717) is 13.1 Å². The minimum atomic E-state index is -0.887. The third kappa shape index (κ3) is 4.67. The molecular weight excluding hydrogens is 244 g/mol. The first-order valence-electron chi connectivity index (χ1n) is 6.19. The van der Waals surface area contributed by atoms with Gasteiger partial charge in [-0.2, -0.15) is 0 Å². The molecule has 0 aliphatic carbocycles. The van der Waals surface area contributed by atoms with Gasteiger partial charge in [-0.25, -0.2) is 0 Å². The second-order valence-electron chi connectivity index (χ2n) is 4.40. The van der Waals surface area contributed by atoms with Crippen molar-refractivity contribution in [1.29, 1.82) is 0 Å². The lowest BCUT2D eigenvalue weighted by molar-refractivity contribution is -0.135. The highest BCUT2D eigenvalue weighted by atomic mass is 16.2. The zero-order valence-corrected chi connectivity index (χ0v) is 11.3. The predicted molar refractivity (Wildman–Crippen MR) is 71.9 cm³/mol. The maximum absolute atomic E-state index is 12.1. The summed E-state index contributed by atoms with van der Waals surface area (Å²) in [5.74, 6) is -0.866. The summed E-state index contributed by atoms with van der Waals surface area (Å²) < 4.78 is 0. The van der Waals surface area contributed by atoms with Crippen LogP contribution in [-0.2, 0) is 16.1 Å². The van der Waals surface area contributed by atoms with Crippen molar-refractivity contribution >= 4 is 11.8 Å². The molecule has 104 valence electrons. The Morgan fingerprint density at radius 3 is 2.63 bits per heavy atom. The molecule has 1 aromatic rings. The van der Waals surface area contributed by atoms with E-state index in [2.05, 4.69) is 4.98 Å². The number of pyridine rings is 1. The number of nitrogens with zero attached hydrogens (tertiary/aromatic N) is 2. The van der Waals surface area contributed by atoms with Crippen molar-refractivity contribution < 1.29 is 9.59 Å². The van der Waals surface area contributed by atoms with Crippen molar-refractivity contribution in [2.75, 3.05) is 6.54 Å². The third-order valence-electron chi connectivity index (χ3n) is 2.73. The van der Waals surface area contributed by atoms with E-state index >= 15 is 0 Å². The molecule has 0 bridgehead atoms. The van der Waals surface area contributed by atoms with Crippen LogP contribution in [0.15, 0.2) is 18.2 Å². The standard InChI is InChI=1S/C13H20N4O2/c1-3-17(13(19)11(14)7-12(15)18)8-10-6-4-5-9(2)16-10/h4-6,11H,3,7-8,14H2,1-2H3,(H2,15,18). The summed E-state index contributed by atoms with van der Waals surface area (Å²) in [6.45, 7) is 4.62. The van der Waals surface area contributed by atoms with Gasteiger partial charge in [0.1, 0.15) is 0 Å². The Morgan fingerprint density at radius 2 is 2.11 bits per heavy atom. The number of nitrogens with two attached hydrogens (primary N) is 2. The van der Waals surface area contributed by atoms with Crippen LogP contribution in [0, 0.1) is 6.92 Å². The van der Waals surface area contributed by atoms with E-state index in [4.69, 9.17) is 11.5 Å². The lowest BCUT2D eigenvalue weighted by atomic mass is 10.1. The molecule has 0 saturated heterocycles. The van der Waals surface area contributed by atoms with Crippen LogP contribution in [-0.4, -0.2) is 34.3 Å². The van der Waals surface area contributed by atoms with Gasteiger partial charge in [-0.05, 0) is 26.0 Å². The largest absolute Gasteiger partial charge is 0.370 e. The molecule has 1 rings (SSSR count). The molecule has 0 saturated carbocycles. The van der Waals surface area contributed by atoms with E-state index in [1.807, 2.05) is 32.0 Å². The van der Waals surface area contributed by atoms with E-state index in [0.717, 1.165) is 11.4 Å². The van der Waals surface area contributed by atoms with Gasteiger partial charge in [0, 0.05) is 12.2 Å². The Kier molecular flexibility index (Phi) is 5.44. The second-order valence-corrected chi connectivity index (χ2v) is 4.40. The molecule has 0 aromatic carbocycles. The van der Waals surface area contributed by atoms with E-state index < -0.39 is 11.9 Å². The average Bonchev–Trinajstić information content (AvgIpc) is 2.34. The van der Waals surface area contributed by atoms with Gasteiger partial charge in [0.05, 0.1) is 24.7 Å². The van der Waals surface area contributed by atoms with Crippen molar-refractivity contribution in [3.8, 4) is 0 Å². The molecule has 2 amide bonds. The SMILES string of the molecule is CCN(Cc1cccc(C)n1)C(=O)C(N)CC(N)=O. The Bertz CT molecular complexity index is 462. The highest BCUT2D eigenvalue weighted by Gasteiger charge is 2.21. The summed E-state index contributed by atoms with van der Waals surface area (Å²) in [6, 6.07) is 4.74. The summed E-state index contributed by atoms with van der Waals surface area (Å²) in [7, 11) is 0. The lowest BCUT2D eigenvalue weighted by Crippen LogP contribution is -2.45. The minimum Gasteiger partial charge on any atom is -0.370 e. The van der Waals surface area contributed by atoms with Crippen LogP contribution >= 0.6 is 0 Å². The number of aryl methyl sites for hydroxylation is 1. The fraction of sp³-hybridized carbons (Fsp3) is 0.462. The molecular formula is C13H20N4O2. The maximum atomic E-state index is 12.1. The molecule has 0 aliphatic rings. The van der Waals surface area contributed by atoms with Gasteiger partial charge < -0.3 is 16.4 Å². The highest BCUT2D eigenvalue weighted by Crippen LogP contribution is 2.05. The molecule has 6 heteroatoms. The van der Waals surface area contributed by atoms with E-state index in [1.54, 1.807) is 4.90 Å². The van der Waals surface area contributed by atoms with Crippen molar-refractivity contribution in [2.24, 2.45) is 11.5 Å². The number of amides is 2. The molecule has 4 N–H and O–H groups in total. The molecule has 0 spiro atoms. The van der Waals surface area contributed by atoms with Gasteiger partial charge in [-0.15, -0.1) is 0 Å². The molecule has 1 atom stereocenters. The van der Waals surface area contributed by atoms with Crippen molar-refractivity contribution in [3.05, 3.63) is 29.6 Å². The van der Waals surface area contributed by atoms with Crippen LogP contribution in [0.4, 0.5) is 0 Å². The third-order valence-corrected chi connectivity index (χ3v) is 2.73. The predicted octanol–water partition coefficient (Wildman–Crippen LogP) is -0.0588. The highest BCUT2D eigenvalue weighted by molar-refractivity contribution is 5.87. The topological polar surface area (TPSA) is 102 Å². The van der Waals surface area contributed by atoms with E-state index in [-0.39, 0.29) is 12.3 Å². The summed E-state index contributed by atoms with van der Waals surface area (Å²) in [6.07, 6.45) is -0.142. The molecule has 0 radical (unpaired) electrons. The second kappa shape index (κ2) is 6.84. The molecule has 1 unspecified atom stereocenters. The lowest BCUT2D eigenvalue weighted by Gasteiger charge is -2.23. The van der Waals surface area contributed by atoms with Crippen LogP contribution in [0.3, 0.4) is 0 Å². The van der Waals surface area contributed by atoms with Crippen LogP contribution < -0.4 is 11.5 Å². The normalized spacial score (nSPS) is 11.9. The fourth-order valence-corrected chi connectivity index (χ4v) is 1.77. The first-order valence-corrected chi connectivity index (χ1v) is 6.19. The number of aromatic nitrogens is 1. The van der Waals surface area contributed by atoms with Gasteiger partial charge >= 0.3 is 0 Å². The Labute approximate surface area is 112 Å². The number of likely N-dealkylation sites (N-methyl/N-ethyl adjacent to an activating group) is 1. The average molecular weight is 264 g/mol. The van der Waals surface area contributed by atoms with Gasteiger partial charge in [0.15, 0.2) is 0 Å². The van der Waals surface area contributed by atoms with Crippen molar-refractivity contribution in [1.82, 2.24) is 9.88 Å². The number of carbonyl (C=O) groups is 2. The molecule has 1 aromatic heterocycles. The van der Waals surface area contributed by atoms with Gasteiger partial charge in [0.25, 0.3) is 0 Å². The number of hydrogen-bond donors (Lipinski definition) is 2. The summed E-state index contributed by atoms with van der Waals surface area (Å²) in [5.41, 5.74) is 12.4. The first kappa shape index (κ1) is 15.1. The quantitative estimate of drug-likeness (QED) is 0.751. The molecule has 19 heavy (non-hydrogen) atoms. The maximum Gasteiger partial charge on any atom is 0.240 e. The molecule has 6 nitrogen and oxygen atoms in total. The fourth-order valence-electron chi connectivity index (χ4n) is 1.77. The number of rotatable bonds is 6. The molecule has 0 fully saturated rings.